The molecule has 0 saturated heterocycles. The van der Waals surface area contributed by atoms with Crippen molar-refractivity contribution in [2.75, 3.05) is 0 Å². The third-order valence-electron chi connectivity index (χ3n) is 7.92. The molecule has 11 nitrogen and oxygen atoms in total. The van der Waals surface area contributed by atoms with Crippen molar-refractivity contribution in [2.24, 2.45) is 0 Å². The lowest BCUT2D eigenvalue weighted by Gasteiger charge is -2.50. The standard InChI is InChI=1S/C30H24O11/c31-14-4-2-13(3-5-14)30-29(38)26(24-20(36)8-15(32)9-22(24)40-30)25-23(41-30)11-18(34)16-10-21(37)27(39-28(16)25)12-1-6-17(33)19(35)7-12/h1-9,11,21,26-27,29,31-38H,10H2/t21-,26?,27+,29-,30+/m0/s1. The van der Waals surface area contributed by atoms with Crippen LogP contribution < -0.4 is 14.2 Å². The summed E-state index contributed by atoms with van der Waals surface area (Å²) < 4.78 is 18.8. The molecular formula is C30H24O11. The van der Waals surface area contributed by atoms with Crippen molar-refractivity contribution in [3.05, 3.63) is 88.5 Å². The van der Waals surface area contributed by atoms with Crippen LogP contribution in [0.5, 0.6) is 51.7 Å². The highest BCUT2D eigenvalue weighted by molar-refractivity contribution is 5.68. The van der Waals surface area contributed by atoms with E-state index in [0.29, 0.717) is 11.1 Å². The van der Waals surface area contributed by atoms with Gasteiger partial charge in [-0.2, -0.15) is 0 Å². The zero-order chi connectivity index (χ0) is 28.8. The number of aliphatic hydroxyl groups excluding tert-OH is 2. The minimum absolute atomic E-state index is 0.0224. The van der Waals surface area contributed by atoms with Crippen LogP contribution in [0.1, 0.15) is 39.8 Å². The van der Waals surface area contributed by atoms with Gasteiger partial charge in [-0.1, -0.05) is 6.07 Å². The summed E-state index contributed by atoms with van der Waals surface area (Å²) in [5.74, 6) is -4.54. The van der Waals surface area contributed by atoms with Crippen LogP contribution in [0.3, 0.4) is 0 Å². The van der Waals surface area contributed by atoms with Gasteiger partial charge in [0.15, 0.2) is 11.5 Å². The van der Waals surface area contributed by atoms with Crippen LogP contribution in [0.25, 0.3) is 0 Å². The van der Waals surface area contributed by atoms with Crippen LogP contribution in [-0.4, -0.2) is 53.1 Å². The van der Waals surface area contributed by atoms with E-state index in [1.54, 1.807) is 0 Å². The zero-order valence-electron chi connectivity index (χ0n) is 21.1. The van der Waals surface area contributed by atoms with Crippen LogP contribution in [0.15, 0.2) is 60.7 Å². The van der Waals surface area contributed by atoms with Gasteiger partial charge in [0.2, 0.25) is 0 Å². The molecule has 0 spiro atoms. The zero-order valence-corrected chi connectivity index (χ0v) is 21.1. The minimum Gasteiger partial charge on any atom is -0.508 e. The quantitative estimate of drug-likeness (QED) is 0.168. The second kappa shape index (κ2) is 8.50. The summed E-state index contributed by atoms with van der Waals surface area (Å²) in [6.45, 7) is 0. The number of fused-ring (bicyclic) bond motifs is 8. The molecule has 0 aliphatic carbocycles. The van der Waals surface area contributed by atoms with E-state index in [0.717, 1.165) is 6.07 Å². The number of ether oxygens (including phenoxy) is 3. The third kappa shape index (κ3) is 3.52. The molecule has 1 unspecified atom stereocenters. The fourth-order valence-electron chi connectivity index (χ4n) is 6.04. The molecule has 210 valence electrons. The number of benzene rings is 4. The number of hydrogen-bond acceptors (Lipinski definition) is 11. The van der Waals surface area contributed by atoms with E-state index in [-0.39, 0.29) is 69.1 Å². The molecule has 0 aromatic heterocycles. The van der Waals surface area contributed by atoms with Crippen molar-refractivity contribution in [1.29, 1.82) is 0 Å². The lowest BCUT2D eigenvalue weighted by molar-refractivity contribution is -0.219. The lowest BCUT2D eigenvalue weighted by atomic mass is 9.74. The average Bonchev–Trinajstić information content (AvgIpc) is 2.91. The highest BCUT2D eigenvalue weighted by Gasteiger charge is 2.60. The Morgan fingerprint density at radius 3 is 2.07 bits per heavy atom. The van der Waals surface area contributed by atoms with E-state index >= 15 is 0 Å². The fraction of sp³-hybridized carbons (Fsp3) is 0.200. The van der Waals surface area contributed by atoms with E-state index in [1.807, 2.05) is 0 Å². The SMILES string of the molecule is Oc1ccc([C@@]23Oc4cc(O)cc(O)c4C(c4c(cc(O)c5c4O[C@H](c4ccc(O)c(O)c4)[C@@H](O)C5)O2)[C@@H]3O)cc1. The van der Waals surface area contributed by atoms with Crippen molar-refractivity contribution in [3.8, 4) is 51.7 Å². The fourth-order valence-corrected chi connectivity index (χ4v) is 6.04. The van der Waals surface area contributed by atoms with Gasteiger partial charge in [-0.25, -0.2) is 0 Å². The molecule has 0 radical (unpaired) electrons. The molecular weight excluding hydrogens is 536 g/mol. The molecule has 0 amide bonds. The number of rotatable bonds is 2. The first-order valence-corrected chi connectivity index (χ1v) is 12.7. The Bertz CT molecular complexity index is 1720. The van der Waals surface area contributed by atoms with Crippen LogP contribution in [0, 0.1) is 0 Å². The number of aromatic hydroxyl groups is 6. The van der Waals surface area contributed by atoms with Crippen molar-refractivity contribution in [3.63, 3.8) is 0 Å². The number of aliphatic hydroxyl groups is 2. The number of hydrogen-bond donors (Lipinski definition) is 8. The van der Waals surface area contributed by atoms with Gasteiger partial charge in [0.05, 0.1) is 12.0 Å². The van der Waals surface area contributed by atoms with Gasteiger partial charge in [-0.05, 0) is 42.0 Å². The molecule has 0 saturated carbocycles. The normalized spacial score (nSPS) is 25.5. The maximum Gasteiger partial charge on any atom is 0.305 e. The molecule has 3 aliphatic rings. The van der Waals surface area contributed by atoms with E-state index in [9.17, 15) is 40.9 Å². The summed E-state index contributed by atoms with van der Waals surface area (Å²) in [5.41, 5.74) is 1.26. The summed E-state index contributed by atoms with van der Waals surface area (Å²) in [6, 6.07) is 13.4. The summed E-state index contributed by atoms with van der Waals surface area (Å²) in [4.78, 5) is 0. The van der Waals surface area contributed by atoms with E-state index in [4.69, 9.17) is 14.2 Å². The molecule has 41 heavy (non-hydrogen) atoms. The molecule has 8 N–H and O–H groups in total. The summed E-state index contributed by atoms with van der Waals surface area (Å²) in [6.07, 6.45) is -3.79. The Morgan fingerprint density at radius 2 is 1.37 bits per heavy atom. The van der Waals surface area contributed by atoms with Gasteiger partial charge in [0.1, 0.15) is 52.5 Å². The van der Waals surface area contributed by atoms with Crippen molar-refractivity contribution in [1.82, 2.24) is 0 Å². The maximum atomic E-state index is 11.9. The number of phenolic OH excluding ortho intramolecular Hbond substituents is 6. The Kier molecular flexibility index (Phi) is 5.18. The summed E-state index contributed by atoms with van der Waals surface area (Å²) >= 11 is 0. The molecule has 11 heteroatoms. The maximum absolute atomic E-state index is 11.9. The molecule has 4 aromatic rings. The summed E-state index contributed by atoms with van der Waals surface area (Å²) in [7, 11) is 0. The molecule has 4 aromatic carbocycles. The predicted molar refractivity (Wildman–Crippen MR) is 140 cm³/mol. The van der Waals surface area contributed by atoms with E-state index in [2.05, 4.69) is 0 Å². The first kappa shape index (κ1) is 25.0. The Morgan fingerprint density at radius 1 is 0.659 bits per heavy atom. The Hall–Kier alpha value is -5.00. The molecule has 2 bridgehead atoms. The van der Waals surface area contributed by atoms with E-state index < -0.39 is 35.8 Å². The number of phenols is 6. The third-order valence-corrected chi connectivity index (χ3v) is 7.92. The smallest absolute Gasteiger partial charge is 0.305 e. The monoisotopic (exact) mass is 560 g/mol. The summed E-state index contributed by atoms with van der Waals surface area (Å²) in [5, 5.41) is 84.8. The Labute approximate surface area is 231 Å². The Balaban J connectivity index is 1.47. The van der Waals surface area contributed by atoms with Crippen molar-refractivity contribution < 1.29 is 55.1 Å². The lowest BCUT2D eigenvalue weighted by Crippen LogP contribution is -2.57. The van der Waals surface area contributed by atoms with Gasteiger partial charge in [0.25, 0.3) is 0 Å². The molecule has 3 aliphatic heterocycles. The van der Waals surface area contributed by atoms with Gasteiger partial charge in [-0.3, -0.25) is 0 Å². The van der Waals surface area contributed by atoms with Crippen molar-refractivity contribution >= 4 is 0 Å². The molecule has 7 rings (SSSR count). The minimum atomic E-state index is -1.92. The molecule has 3 heterocycles. The van der Waals surface area contributed by atoms with Crippen molar-refractivity contribution in [2.45, 2.75) is 36.4 Å². The van der Waals surface area contributed by atoms with Crippen LogP contribution in [0.2, 0.25) is 0 Å². The molecule has 5 atom stereocenters. The second-order valence-electron chi connectivity index (χ2n) is 10.4. The van der Waals surface area contributed by atoms with Gasteiger partial charge < -0.3 is 55.1 Å². The van der Waals surface area contributed by atoms with Crippen LogP contribution in [-0.2, 0) is 12.2 Å². The predicted octanol–water partition coefficient (Wildman–Crippen LogP) is 3.09. The topological polar surface area (TPSA) is 190 Å². The highest BCUT2D eigenvalue weighted by Crippen LogP contribution is 2.62. The first-order chi connectivity index (χ1) is 19.6. The first-order valence-electron chi connectivity index (χ1n) is 12.7. The van der Waals surface area contributed by atoms with Gasteiger partial charge in [-0.15, -0.1) is 0 Å². The molecule has 0 fully saturated rings. The highest BCUT2D eigenvalue weighted by atomic mass is 16.7. The van der Waals surface area contributed by atoms with E-state index in [1.165, 1.54) is 54.6 Å². The second-order valence-corrected chi connectivity index (χ2v) is 10.4. The van der Waals surface area contributed by atoms with Gasteiger partial charge in [0, 0.05) is 46.9 Å². The van der Waals surface area contributed by atoms with Gasteiger partial charge >= 0.3 is 5.79 Å². The largest absolute Gasteiger partial charge is 0.508 e. The van der Waals surface area contributed by atoms with Crippen LogP contribution in [0.4, 0.5) is 0 Å². The average molecular weight is 561 g/mol. The van der Waals surface area contributed by atoms with Crippen LogP contribution >= 0.6 is 0 Å².